The zero-order valence-electron chi connectivity index (χ0n) is 20.2. The molecule has 176 valence electrons. The molecule has 0 radical (unpaired) electrons. The van der Waals surface area contributed by atoms with E-state index in [0.717, 1.165) is 35.4 Å². The molecule has 0 bridgehead atoms. The number of aliphatic hydroxyl groups excluding tert-OH is 1. The van der Waals surface area contributed by atoms with Gasteiger partial charge in [-0.25, -0.2) is 4.98 Å². The van der Waals surface area contributed by atoms with Crippen LogP contribution in [0.15, 0.2) is 85.2 Å². The van der Waals surface area contributed by atoms with E-state index in [1.165, 1.54) is 40.6 Å². The van der Waals surface area contributed by atoms with Crippen molar-refractivity contribution in [1.82, 2.24) is 14.1 Å². The summed E-state index contributed by atoms with van der Waals surface area (Å²) >= 11 is 0. The lowest BCUT2D eigenvalue weighted by atomic mass is 9.95. The van der Waals surface area contributed by atoms with Gasteiger partial charge in [0.25, 0.3) is 0 Å². The summed E-state index contributed by atoms with van der Waals surface area (Å²) in [7, 11) is 0. The summed E-state index contributed by atoms with van der Waals surface area (Å²) in [6, 6.07) is 27.4. The van der Waals surface area contributed by atoms with Crippen LogP contribution in [0.4, 0.5) is 0 Å². The number of hydrogen-bond acceptors (Lipinski definition) is 2. The van der Waals surface area contributed by atoms with E-state index >= 15 is 0 Å². The normalized spacial score (nSPS) is 14.2. The first kappa shape index (κ1) is 21.9. The second kappa shape index (κ2) is 9.20. The van der Waals surface area contributed by atoms with Gasteiger partial charge in [-0.3, -0.25) is 0 Å². The molecular formula is C31H31N3O. The Kier molecular flexibility index (Phi) is 5.75. The molecule has 0 unspecified atom stereocenters. The molecule has 1 N–H and O–H groups in total. The number of benzene rings is 3. The van der Waals surface area contributed by atoms with Crippen molar-refractivity contribution in [1.29, 1.82) is 0 Å². The minimum Gasteiger partial charge on any atom is -0.389 e. The molecule has 1 atom stereocenters. The van der Waals surface area contributed by atoms with Gasteiger partial charge < -0.3 is 14.2 Å². The van der Waals surface area contributed by atoms with E-state index in [9.17, 15) is 5.11 Å². The molecule has 3 aromatic carbocycles. The third-order valence-corrected chi connectivity index (χ3v) is 7.27. The molecule has 35 heavy (non-hydrogen) atoms. The number of aliphatic hydroxyl groups is 1. The fraction of sp³-hybridized carbons (Fsp3) is 0.258. The van der Waals surface area contributed by atoms with Crippen LogP contribution in [0, 0.1) is 6.92 Å². The zero-order valence-corrected chi connectivity index (χ0v) is 20.2. The van der Waals surface area contributed by atoms with Crippen molar-refractivity contribution >= 4 is 10.9 Å². The molecule has 1 aliphatic carbocycles. The lowest BCUT2D eigenvalue weighted by Crippen LogP contribution is -2.24. The second-order valence-electron chi connectivity index (χ2n) is 9.74. The Morgan fingerprint density at radius 2 is 1.57 bits per heavy atom. The molecule has 2 aromatic heterocycles. The lowest BCUT2D eigenvalue weighted by Gasteiger charge is -2.20. The summed E-state index contributed by atoms with van der Waals surface area (Å²) in [6.07, 6.45) is 6.05. The van der Waals surface area contributed by atoms with Gasteiger partial charge in [-0.15, -0.1) is 0 Å². The number of rotatable bonds is 6. The first-order valence-corrected chi connectivity index (χ1v) is 12.6. The molecule has 1 aliphatic rings. The highest BCUT2D eigenvalue weighted by atomic mass is 16.3. The van der Waals surface area contributed by atoms with Crippen LogP contribution in [-0.4, -0.2) is 25.3 Å². The van der Waals surface area contributed by atoms with Crippen molar-refractivity contribution in [2.75, 3.05) is 0 Å². The fourth-order valence-electron chi connectivity index (χ4n) is 5.68. The molecule has 0 saturated heterocycles. The van der Waals surface area contributed by atoms with Crippen LogP contribution in [0.2, 0.25) is 0 Å². The first-order valence-electron chi connectivity index (χ1n) is 12.6. The summed E-state index contributed by atoms with van der Waals surface area (Å²) in [6.45, 7) is 3.24. The van der Waals surface area contributed by atoms with Crippen LogP contribution in [0.5, 0.6) is 0 Å². The van der Waals surface area contributed by atoms with Gasteiger partial charge >= 0.3 is 0 Å². The monoisotopic (exact) mass is 461 g/mol. The number of fused-ring (bicyclic) bond motifs is 3. The van der Waals surface area contributed by atoms with Crippen LogP contribution >= 0.6 is 0 Å². The summed E-state index contributed by atoms with van der Waals surface area (Å²) < 4.78 is 4.50. The van der Waals surface area contributed by atoms with Crippen LogP contribution in [0.1, 0.15) is 29.7 Å². The summed E-state index contributed by atoms with van der Waals surface area (Å²) in [5.74, 6) is 0. The van der Waals surface area contributed by atoms with E-state index in [1.54, 1.807) is 0 Å². The average Bonchev–Trinajstić information content (AvgIpc) is 3.44. The number of hydrogen-bond donors (Lipinski definition) is 1. The van der Waals surface area contributed by atoms with Crippen LogP contribution in [0.25, 0.3) is 33.4 Å². The molecule has 5 aromatic rings. The Morgan fingerprint density at radius 3 is 2.34 bits per heavy atom. The molecule has 0 saturated carbocycles. The Bertz CT molecular complexity index is 1460. The average molecular weight is 462 g/mol. The van der Waals surface area contributed by atoms with Crippen molar-refractivity contribution in [3.63, 3.8) is 0 Å². The number of nitrogens with zero attached hydrogens (tertiary/aromatic N) is 3. The summed E-state index contributed by atoms with van der Waals surface area (Å²) in [4.78, 5) is 4.79. The third-order valence-electron chi connectivity index (χ3n) is 7.27. The molecule has 4 heteroatoms. The molecule has 4 nitrogen and oxygen atoms in total. The van der Waals surface area contributed by atoms with Crippen LogP contribution < -0.4 is 0 Å². The van der Waals surface area contributed by atoms with Gasteiger partial charge in [0.1, 0.15) is 0 Å². The highest BCUT2D eigenvalue weighted by molar-refractivity contribution is 5.86. The van der Waals surface area contributed by atoms with Gasteiger partial charge in [0, 0.05) is 27.7 Å². The molecule has 0 aliphatic heterocycles. The smallest absolute Gasteiger partial charge is 0.0963 e. The zero-order chi connectivity index (χ0) is 23.8. The Morgan fingerprint density at radius 1 is 0.857 bits per heavy atom. The largest absolute Gasteiger partial charge is 0.389 e. The topological polar surface area (TPSA) is 43.0 Å². The molecule has 2 heterocycles. The lowest BCUT2D eigenvalue weighted by molar-refractivity contribution is 0.135. The van der Waals surface area contributed by atoms with Gasteiger partial charge in [0.2, 0.25) is 0 Å². The summed E-state index contributed by atoms with van der Waals surface area (Å²) in [5, 5.41) is 12.7. The predicted octanol–water partition coefficient (Wildman–Crippen LogP) is 6.42. The molecule has 0 spiro atoms. The van der Waals surface area contributed by atoms with Crippen LogP contribution in [-0.2, 0) is 25.9 Å². The maximum Gasteiger partial charge on any atom is 0.0963 e. The van der Waals surface area contributed by atoms with Crippen LogP contribution in [0.3, 0.4) is 0 Å². The minimum absolute atomic E-state index is 0.490. The predicted molar refractivity (Wildman–Crippen MR) is 142 cm³/mol. The van der Waals surface area contributed by atoms with E-state index < -0.39 is 6.10 Å². The van der Waals surface area contributed by atoms with Crippen molar-refractivity contribution in [3.8, 4) is 22.5 Å². The van der Waals surface area contributed by atoms with Gasteiger partial charge in [-0.05, 0) is 50.3 Å². The molecule has 0 amide bonds. The van der Waals surface area contributed by atoms with E-state index in [1.807, 2.05) is 30.6 Å². The minimum atomic E-state index is -0.529. The first-order chi connectivity index (χ1) is 17.2. The van der Waals surface area contributed by atoms with E-state index in [0.29, 0.717) is 13.1 Å². The van der Waals surface area contributed by atoms with Gasteiger partial charge in [-0.1, -0.05) is 72.3 Å². The molecule has 6 rings (SSSR count). The van der Waals surface area contributed by atoms with E-state index in [4.69, 9.17) is 4.98 Å². The van der Waals surface area contributed by atoms with E-state index in [-0.39, 0.29) is 0 Å². The Balaban J connectivity index is 1.36. The maximum atomic E-state index is 11.4. The maximum absolute atomic E-state index is 11.4. The SMILES string of the molecule is Cc1ccc2c(c1)c1c(n2C[C@H](O)Cn2cnc(-c3ccccc3)c2-c2ccccc2)CCCC1. The standard InChI is InChI=1S/C31H31N3O/c1-22-16-17-29-27(18-22)26-14-8-9-15-28(26)34(29)20-25(35)19-33-21-32-30(23-10-4-2-5-11-23)31(33)24-12-6-3-7-13-24/h2-7,10-13,16-18,21,25,35H,8-9,14-15,19-20H2,1H3/t25-/m1/s1. The van der Waals surface area contributed by atoms with E-state index in [2.05, 4.69) is 70.7 Å². The van der Waals surface area contributed by atoms with Crippen molar-refractivity contribution in [3.05, 3.63) is 102 Å². The number of aryl methyl sites for hydroxylation is 2. The third kappa shape index (κ3) is 4.08. The van der Waals surface area contributed by atoms with Gasteiger partial charge in [0.05, 0.1) is 36.9 Å². The second-order valence-corrected chi connectivity index (χ2v) is 9.74. The highest BCUT2D eigenvalue weighted by Crippen LogP contribution is 2.34. The molecule has 0 fully saturated rings. The van der Waals surface area contributed by atoms with Gasteiger partial charge in [0.15, 0.2) is 0 Å². The number of aromatic nitrogens is 3. The summed E-state index contributed by atoms with van der Waals surface area (Å²) in [5.41, 5.74) is 9.63. The van der Waals surface area contributed by atoms with Crippen molar-refractivity contribution < 1.29 is 5.11 Å². The Hall–Kier alpha value is -3.63. The fourth-order valence-corrected chi connectivity index (χ4v) is 5.68. The van der Waals surface area contributed by atoms with Crippen molar-refractivity contribution in [2.24, 2.45) is 0 Å². The van der Waals surface area contributed by atoms with Gasteiger partial charge in [-0.2, -0.15) is 0 Å². The quantitative estimate of drug-likeness (QED) is 0.317. The highest BCUT2D eigenvalue weighted by Gasteiger charge is 2.23. The Labute approximate surface area is 206 Å². The van der Waals surface area contributed by atoms with Crippen molar-refractivity contribution in [2.45, 2.75) is 51.8 Å². The number of imidazole rings is 1. The molecular weight excluding hydrogens is 430 g/mol.